The van der Waals surface area contributed by atoms with Gasteiger partial charge in [0.05, 0.1) is 5.92 Å². The summed E-state index contributed by atoms with van der Waals surface area (Å²) in [5.74, 6) is -0.631. The van der Waals surface area contributed by atoms with E-state index in [9.17, 15) is 4.79 Å². The van der Waals surface area contributed by atoms with Crippen LogP contribution in [0, 0.1) is 5.92 Å². The fraction of sp³-hybridized carbons (Fsp3) is 0.909. The molecule has 1 saturated carbocycles. The van der Waals surface area contributed by atoms with Gasteiger partial charge in [-0.15, -0.1) is 0 Å². The molecular formula is C11H22O2. The third-order valence-corrected chi connectivity index (χ3v) is 2.45. The maximum absolute atomic E-state index is 10.4. The number of rotatable bonds is 2. The lowest BCUT2D eigenvalue weighted by Crippen LogP contribution is -2.16. The van der Waals surface area contributed by atoms with E-state index in [2.05, 4.69) is 13.8 Å². The minimum atomic E-state index is -0.602. The maximum atomic E-state index is 10.4. The number of carbonyl (C=O) groups is 1. The molecule has 0 unspecified atom stereocenters. The van der Waals surface area contributed by atoms with Crippen molar-refractivity contribution in [2.45, 2.75) is 58.8 Å². The zero-order valence-corrected chi connectivity index (χ0v) is 8.88. The second-order valence-electron chi connectivity index (χ2n) is 3.67. The Morgan fingerprint density at radius 3 is 1.85 bits per heavy atom. The van der Waals surface area contributed by atoms with Crippen molar-refractivity contribution in [1.82, 2.24) is 0 Å². The van der Waals surface area contributed by atoms with E-state index in [-0.39, 0.29) is 5.92 Å². The third kappa shape index (κ3) is 6.62. The summed E-state index contributed by atoms with van der Waals surface area (Å²) >= 11 is 0. The van der Waals surface area contributed by atoms with E-state index >= 15 is 0 Å². The lowest BCUT2D eigenvalue weighted by molar-refractivity contribution is -0.142. The number of hydrogen-bond donors (Lipinski definition) is 1. The highest BCUT2D eigenvalue weighted by Crippen LogP contribution is 2.23. The highest BCUT2D eigenvalue weighted by Gasteiger charge is 2.19. The Kier molecular flexibility index (Phi) is 7.76. The molecule has 0 aromatic heterocycles. The van der Waals surface area contributed by atoms with Crippen LogP contribution in [0.15, 0.2) is 0 Å². The van der Waals surface area contributed by atoms with Crippen LogP contribution in [0.25, 0.3) is 0 Å². The molecule has 1 aliphatic carbocycles. The van der Waals surface area contributed by atoms with Gasteiger partial charge in [0.25, 0.3) is 0 Å². The molecule has 0 heterocycles. The molecule has 1 rings (SSSR count). The highest BCUT2D eigenvalue weighted by atomic mass is 16.4. The van der Waals surface area contributed by atoms with Gasteiger partial charge < -0.3 is 5.11 Å². The van der Waals surface area contributed by atoms with E-state index in [4.69, 9.17) is 5.11 Å². The molecule has 0 aromatic carbocycles. The molecule has 1 aliphatic rings. The van der Waals surface area contributed by atoms with E-state index in [0.717, 1.165) is 25.7 Å². The molecule has 78 valence electrons. The van der Waals surface area contributed by atoms with Crippen LogP contribution in [0.2, 0.25) is 0 Å². The van der Waals surface area contributed by atoms with Crippen molar-refractivity contribution in [2.24, 2.45) is 5.92 Å². The molecular weight excluding hydrogens is 164 g/mol. The second kappa shape index (κ2) is 8.09. The summed E-state index contributed by atoms with van der Waals surface area (Å²) in [6.45, 7) is 4.36. The first-order valence-corrected chi connectivity index (χ1v) is 5.45. The number of unbranched alkanes of at least 4 members (excludes halogenated alkanes) is 1. The number of carboxylic acids is 1. The third-order valence-electron chi connectivity index (χ3n) is 2.45. The standard InChI is InChI=1S/C7H12O2.C4H10/c8-7(9)6-4-2-1-3-5-6;1-3-4-2/h6H,1-5H2,(H,8,9);3-4H2,1-2H3. The van der Waals surface area contributed by atoms with Crippen molar-refractivity contribution < 1.29 is 9.90 Å². The normalized spacial score (nSPS) is 17.4. The van der Waals surface area contributed by atoms with Gasteiger partial charge in [0.15, 0.2) is 0 Å². The van der Waals surface area contributed by atoms with Crippen LogP contribution in [-0.4, -0.2) is 11.1 Å². The largest absolute Gasteiger partial charge is 0.481 e. The summed E-state index contributed by atoms with van der Waals surface area (Å²) in [6.07, 6.45) is 7.88. The number of aliphatic carboxylic acids is 1. The number of carboxylic acid groups (broad SMARTS) is 1. The molecule has 1 N–H and O–H groups in total. The Bertz CT molecular complexity index is 124. The predicted molar refractivity (Wildman–Crippen MR) is 54.8 cm³/mol. The Morgan fingerprint density at radius 2 is 1.62 bits per heavy atom. The van der Waals surface area contributed by atoms with Gasteiger partial charge in [0.2, 0.25) is 0 Å². The van der Waals surface area contributed by atoms with Crippen molar-refractivity contribution in [1.29, 1.82) is 0 Å². The predicted octanol–water partition coefficient (Wildman–Crippen LogP) is 3.46. The van der Waals surface area contributed by atoms with Crippen LogP contribution in [0.4, 0.5) is 0 Å². The van der Waals surface area contributed by atoms with Gasteiger partial charge in [-0.1, -0.05) is 46.0 Å². The molecule has 0 saturated heterocycles. The van der Waals surface area contributed by atoms with Crippen molar-refractivity contribution in [2.75, 3.05) is 0 Å². The molecule has 0 amide bonds. The molecule has 13 heavy (non-hydrogen) atoms. The van der Waals surface area contributed by atoms with E-state index in [0.29, 0.717) is 0 Å². The van der Waals surface area contributed by atoms with E-state index < -0.39 is 5.97 Å². The Balaban J connectivity index is 0.000000310. The molecule has 2 nitrogen and oxygen atoms in total. The summed E-state index contributed by atoms with van der Waals surface area (Å²) in [4.78, 5) is 10.4. The van der Waals surface area contributed by atoms with Crippen molar-refractivity contribution in [3.63, 3.8) is 0 Å². The first-order chi connectivity index (χ1) is 6.22. The molecule has 0 aromatic rings. The fourth-order valence-electron chi connectivity index (χ4n) is 1.35. The van der Waals surface area contributed by atoms with Crippen molar-refractivity contribution >= 4 is 5.97 Å². The van der Waals surface area contributed by atoms with E-state index in [1.54, 1.807) is 0 Å². The topological polar surface area (TPSA) is 37.3 Å². The van der Waals surface area contributed by atoms with E-state index in [1.165, 1.54) is 19.3 Å². The van der Waals surface area contributed by atoms with E-state index in [1.807, 2.05) is 0 Å². The lowest BCUT2D eigenvalue weighted by atomic mass is 9.90. The SMILES string of the molecule is CCCC.O=C(O)C1CCCCC1. The van der Waals surface area contributed by atoms with Crippen LogP contribution >= 0.6 is 0 Å². The van der Waals surface area contributed by atoms with Crippen molar-refractivity contribution in [3.8, 4) is 0 Å². The Morgan fingerprint density at radius 1 is 1.15 bits per heavy atom. The monoisotopic (exact) mass is 186 g/mol. The van der Waals surface area contributed by atoms with Crippen LogP contribution < -0.4 is 0 Å². The number of hydrogen-bond acceptors (Lipinski definition) is 1. The average Bonchev–Trinajstić information content (AvgIpc) is 2.19. The zero-order chi connectivity index (χ0) is 10.1. The van der Waals surface area contributed by atoms with Gasteiger partial charge in [-0.25, -0.2) is 0 Å². The molecule has 0 atom stereocenters. The van der Waals surface area contributed by atoms with Gasteiger partial charge in [-0.3, -0.25) is 4.79 Å². The van der Waals surface area contributed by atoms with Crippen LogP contribution in [0.3, 0.4) is 0 Å². The first-order valence-electron chi connectivity index (χ1n) is 5.45. The van der Waals surface area contributed by atoms with Crippen LogP contribution in [-0.2, 0) is 4.79 Å². The summed E-state index contributed by atoms with van der Waals surface area (Å²) in [7, 11) is 0. The molecule has 0 aliphatic heterocycles. The van der Waals surface area contributed by atoms with Gasteiger partial charge in [-0.2, -0.15) is 0 Å². The van der Waals surface area contributed by atoms with Gasteiger partial charge in [0.1, 0.15) is 0 Å². The molecule has 2 heteroatoms. The summed E-state index contributed by atoms with van der Waals surface area (Å²) in [5.41, 5.74) is 0. The minimum Gasteiger partial charge on any atom is -0.481 e. The molecule has 0 bridgehead atoms. The lowest BCUT2D eigenvalue weighted by Gasteiger charge is -2.16. The quantitative estimate of drug-likeness (QED) is 0.717. The second-order valence-corrected chi connectivity index (χ2v) is 3.67. The Labute approximate surface area is 81.3 Å². The molecule has 0 spiro atoms. The summed E-state index contributed by atoms with van der Waals surface area (Å²) < 4.78 is 0. The molecule has 0 radical (unpaired) electrons. The first kappa shape index (κ1) is 12.5. The zero-order valence-electron chi connectivity index (χ0n) is 8.88. The summed E-state index contributed by atoms with van der Waals surface area (Å²) in [5, 5.41) is 8.54. The minimum absolute atomic E-state index is 0.0289. The smallest absolute Gasteiger partial charge is 0.306 e. The van der Waals surface area contributed by atoms with Crippen molar-refractivity contribution in [3.05, 3.63) is 0 Å². The molecule has 1 fully saturated rings. The van der Waals surface area contributed by atoms with Gasteiger partial charge in [-0.05, 0) is 12.8 Å². The Hall–Kier alpha value is -0.530. The van der Waals surface area contributed by atoms with Crippen LogP contribution in [0.1, 0.15) is 58.8 Å². The average molecular weight is 186 g/mol. The van der Waals surface area contributed by atoms with Gasteiger partial charge in [0, 0.05) is 0 Å². The summed E-state index contributed by atoms with van der Waals surface area (Å²) in [6, 6.07) is 0. The fourth-order valence-corrected chi connectivity index (χ4v) is 1.35. The maximum Gasteiger partial charge on any atom is 0.306 e. The van der Waals surface area contributed by atoms with Gasteiger partial charge >= 0.3 is 5.97 Å². The van der Waals surface area contributed by atoms with Crippen LogP contribution in [0.5, 0.6) is 0 Å². The highest BCUT2D eigenvalue weighted by molar-refractivity contribution is 5.69.